The number of halogens is 2. The monoisotopic (exact) mass is 454 g/mol. The number of aliphatic hydroxyl groups is 4. The first-order valence-corrected chi connectivity index (χ1v) is 10.3. The van der Waals surface area contributed by atoms with Gasteiger partial charge in [-0.05, 0) is 48.7 Å². The lowest BCUT2D eigenvalue weighted by Gasteiger charge is -2.46. The molecule has 168 valence electrons. The molecule has 0 aromatic heterocycles. The molecule has 4 rings (SSSR count). The van der Waals surface area contributed by atoms with Gasteiger partial charge in [0.1, 0.15) is 23.9 Å². The molecule has 2 aromatic carbocycles. The van der Waals surface area contributed by atoms with Gasteiger partial charge >= 0.3 is 0 Å². The van der Waals surface area contributed by atoms with Crippen LogP contribution in [0.15, 0.2) is 36.4 Å². The lowest BCUT2D eigenvalue weighted by molar-refractivity contribution is -0.329. The Kier molecular flexibility index (Phi) is 5.99. The average molecular weight is 455 g/mol. The van der Waals surface area contributed by atoms with E-state index in [1.165, 1.54) is 6.07 Å². The van der Waals surface area contributed by atoms with Crippen molar-refractivity contribution in [1.82, 2.24) is 0 Å². The summed E-state index contributed by atoms with van der Waals surface area (Å²) in [5.74, 6) is -2.11. The van der Waals surface area contributed by atoms with E-state index in [-0.39, 0.29) is 18.8 Å². The van der Waals surface area contributed by atoms with E-state index >= 15 is 0 Å². The number of benzene rings is 2. The largest absolute Gasteiger partial charge is 0.491 e. The van der Waals surface area contributed by atoms with Gasteiger partial charge in [-0.1, -0.05) is 23.7 Å². The van der Waals surface area contributed by atoms with E-state index in [0.29, 0.717) is 28.3 Å². The van der Waals surface area contributed by atoms with Crippen LogP contribution in [0, 0.1) is 5.82 Å². The lowest BCUT2D eigenvalue weighted by atomic mass is 9.83. The third-order valence-electron chi connectivity index (χ3n) is 5.87. The Morgan fingerprint density at radius 2 is 1.94 bits per heavy atom. The molecular formula is C22H24ClFO7. The Hall–Kier alpha value is -1.78. The molecule has 2 aliphatic heterocycles. The molecule has 2 heterocycles. The number of ether oxygens (including phenoxy) is 3. The van der Waals surface area contributed by atoms with Crippen LogP contribution in [0.2, 0.25) is 5.02 Å². The number of fused-ring (bicyclic) bond motifs is 2. The minimum absolute atomic E-state index is 0.163. The van der Waals surface area contributed by atoms with Gasteiger partial charge in [-0.2, -0.15) is 0 Å². The molecule has 2 fully saturated rings. The van der Waals surface area contributed by atoms with E-state index in [1.54, 1.807) is 37.3 Å². The molecule has 2 aromatic rings. The first-order valence-electron chi connectivity index (χ1n) is 9.95. The van der Waals surface area contributed by atoms with E-state index in [0.717, 1.165) is 0 Å². The molecule has 31 heavy (non-hydrogen) atoms. The predicted molar refractivity (Wildman–Crippen MR) is 108 cm³/mol. The smallest absolute Gasteiger partial charge is 0.225 e. The molecule has 0 aliphatic carbocycles. The summed E-state index contributed by atoms with van der Waals surface area (Å²) in [5, 5.41) is 41.5. The minimum atomic E-state index is -1.79. The molecule has 1 unspecified atom stereocenters. The first-order chi connectivity index (χ1) is 14.8. The third-order valence-corrected chi connectivity index (χ3v) is 6.24. The van der Waals surface area contributed by atoms with E-state index < -0.39 is 42.1 Å². The van der Waals surface area contributed by atoms with Crippen molar-refractivity contribution >= 4 is 11.6 Å². The summed E-state index contributed by atoms with van der Waals surface area (Å²) >= 11 is 6.36. The third kappa shape index (κ3) is 3.62. The Morgan fingerprint density at radius 1 is 1.16 bits per heavy atom. The van der Waals surface area contributed by atoms with Gasteiger partial charge in [0.2, 0.25) is 5.79 Å². The first kappa shape index (κ1) is 22.4. The minimum Gasteiger partial charge on any atom is -0.491 e. The van der Waals surface area contributed by atoms with Crippen molar-refractivity contribution in [2.75, 3.05) is 19.8 Å². The van der Waals surface area contributed by atoms with E-state index in [4.69, 9.17) is 25.8 Å². The predicted octanol–water partition coefficient (Wildman–Crippen LogP) is 1.50. The Balaban J connectivity index is 1.68. The van der Waals surface area contributed by atoms with Crippen LogP contribution < -0.4 is 4.74 Å². The molecule has 4 N–H and O–H groups in total. The summed E-state index contributed by atoms with van der Waals surface area (Å²) in [5.41, 5.74) is 0.0530. The molecule has 5 atom stereocenters. The summed E-state index contributed by atoms with van der Waals surface area (Å²) in [6.07, 6.45) is -4.45. The Labute approximate surface area is 183 Å². The summed E-state index contributed by atoms with van der Waals surface area (Å²) in [6, 6.07) is 9.43. The maximum atomic E-state index is 14.2. The molecule has 0 spiro atoms. The number of hydrogen-bond acceptors (Lipinski definition) is 7. The quantitative estimate of drug-likeness (QED) is 0.523. The van der Waals surface area contributed by atoms with Crippen molar-refractivity contribution in [1.29, 1.82) is 0 Å². The van der Waals surface area contributed by atoms with E-state index in [9.17, 15) is 24.8 Å². The zero-order valence-corrected chi connectivity index (χ0v) is 17.6. The molecular weight excluding hydrogens is 431 g/mol. The van der Waals surface area contributed by atoms with Gasteiger partial charge in [0.25, 0.3) is 0 Å². The van der Waals surface area contributed by atoms with Gasteiger partial charge in [-0.25, -0.2) is 4.39 Å². The molecule has 0 radical (unpaired) electrons. The summed E-state index contributed by atoms with van der Waals surface area (Å²) in [4.78, 5) is 0. The summed E-state index contributed by atoms with van der Waals surface area (Å²) in [6.45, 7) is 1.29. The highest BCUT2D eigenvalue weighted by Crippen LogP contribution is 2.49. The number of hydrogen-bond donors (Lipinski definition) is 4. The van der Waals surface area contributed by atoms with Crippen molar-refractivity contribution in [3.8, 4) is 5.75 Å². The topological polar surface area (TPSA) is 109 Å². The Bertz CT molecular complexity index is 973. The van der Waals surface area contributed by atoms with Gasteiger partial charge < -0.3 is 34.6 Å². The van der Waals surface area contributed by atoms with Crippen molar-refractivity contribution in [2.45, 2.75) is 43.0 Å². The maximum Gasteiger partial charge on any atom is 0.225 e. The fourth-order valence-electron chi connectivity index (χ4n) is 4.15. The summed E-state index contributed by atoms with van der Waals surface area (Å²) in [7, 11) is 0. The van der Waals surface area contributed by atoms with Crippen LogP contribution in [0.1, 0.15) is 23.6 Å². The highest BCUT2D eigenvalue weighted by Gasteiger charge is 2.67. The molecule has 2 bridgehead atoms. The van der Waals surface area contributed by atoms with E-state index in [2.05, 4.69) is 0 Å². The van der Waals surface area contributed by atoms with Crippen molar-refractivity contribution in [3.05, 3.63) is 63.9 Å². The van der Waals surface area contributed by atoms with Crippen LogP contribution in [0.5, 0.6) is 5.75 Å². The SMILES string of the molecule is CCOc1ccc(Cc2cc([C@]34OC[C@](CO)(O3)[C@@H](O)C(O)[C@H]4O)ccc2Cl)cc1F. The van der Waals surface area contributed by atoms with Gasteiger partial charge in [0.05, 0.1) is 19.8 Å². The normalized spacial score (nSPS) is 32.3. The van der Waals surface area contributed by atoms with Gasteiger partial charge in [-0.3, -0.25) is 0 Å². The second-order valence-corrected chi connectivity index (χ2v) is 8.25. The second kappa shape index (κ2) is 8.29. The highest BCUT2D eigenvalue weighted by molar-refractivity contribution is 6.31. The van der Waals surface area contributed by atoms with Crippen LogP contribution in [0.4, 0.5) is 4.39 Å². The van der Waals surface area contributed by atoms with Gasteiger partial charge in [0.15, 0.2) is 11.6 Å². The lowest BCUT2D eigenvalue weighted by Crippen LogP contribution is -2.65. The molecule has 0 amide bonds. The van der Waals surface area contributed by atoms with E-state index in [1.807, 2.05) is 0 Å². The fourth-order valence-corrected chi connectivity index (χ4v) is 4.33. The van der Waals surface area contributed by atoms with Crippen molar-refractivity contribution in [3.63, 3.8) is 0 Å². The Morgan fingerprint density at radius 3 is 2.61 bits per heavy atom. The molecule has 7 nitrogen and oxygen atoms in total. The van der Waals surface area contributed by atoms with Crippen LogP contribution in [0.3, 0.4) is 0 Å². The molecule has 2 saturated heterocycles. The van der Waals surface area contributed by atoms with Crippen LogP contribution >= 0.6 is 11.6 Å². The molecule has 2 aliphatic rings. The zero-order valence-electron chi connectivity index (χ0n) is 16.8. The number of rotatable bonds is 6. The maximum absolute atomic E-state index is 14.2. The molecule has 0 saturated carbocycles. The van der Waals surface area contributed by atoms with Gasteiger partial charge in [-0.15, -0.1) is 0 Å². The van der Waals surface area contributed by atoms with Crippen molar-refractivity contribution in [2.24, 2.45) is 0 Å². The highest BCUT2D eigenvalue weighted by atomic mass is 35.5. The summed E-state index contributed by atoms with van der Waals surface area (Å²) < 4.78 is 31.0. The van der Waals surface area contributed by atoms with Crippen molar-refractivity contribution < 1.29 is 39.0 Å². The number of aliphatic hydroxyl groups excluding tert-OH is 4. The standard InChI is InChI=1S/C22H24ClFO7/c1-2-29-17-6-3-12(8-16(17)24)7-13-9-14(4-5-15(13)23)22-20(28)18(26)19(27)21(10-25,31-22)11-30-22/h3-6,8-9,18-20,25-28H,2,7,10-11H2,1H3/t18?,19-,20+,21-,22-/m0/s1. The average Bonchev–Trinajstić information content (AvgIpc) is 3.15. The van der Waals surface area contributed by atoms with Crippen LogP contribution in [-0.4, -0.2) is 64.2 Å². The molecule has 9 heteroatoms. The fraction of sp³-hybridized carbons (Fsp3) is 0.455. The van der Waals surface area contributed by atoms with Crippen LogP contribution in [0.25, 0.3) is 0 Å². The van der Waals surface area contributed by atoms with Gasteiger partial charge in [0, 0.05) is 10.6 Å². The van der Waals surface area contributed by atoms with Crippen LogP contribution in [-0.2, 0) is 21.7 Å². The second-order valence-electron chi connectivity index (χ2n) is 7.84. The zero-order chi connectivity index (χ0) is 22.4.